The van der Waals surface area contributed by atoms with E-state index in [4.69, 9.17) is 10.2 Å². The van der Waals surface area contributed by atoms with Crippen LogP contribution in [0.1, 0.15) is 19.8 Å². The van der Waals surface area contributed by atoms with E-state index in [2.05, 4.69) is 10.3 Å². The molecule has 0 fully saturated rings. The van der Waals surface area contributed by atoms with E-state index in [1.807, 2.05) is 6.92 Å². The molecule has 1 heterocycles. The summed E-state index contributed by atoms with van der Waals surface area (Å²) in [6.07, 6.45) is 1.19. The van der Waals surface area contributed by atoms with E-state index < -0.39 is 5.76 Å². The number of fused-ring (bicyclic) bond motifs is 1. The van der Waals surface area contributed by atoms with Gasteiger partial charge in [-0.05, 0) is 37.1 Å². The number of carbonyl (C=O) groups is 1. The number of benzene rings is 1. The minimum absolute atomic E-state index is 0.0644. The van der Waals surface area contributed by atoms with Crippen molar-refractivity contribution < 1.29 is 9.21 Å². The molecule has 1 amide bonds. The summed E-state index contributed by atoms with van der Waals surface area (Å²) in [5, 5.41) is 2.78. The van der Waals surface area contributed by atoms with Crippen molar-refractivity contribution in [2.24, 2.45) is 11.7 Å². The Hall–Kier alpha value is -2.08. The third-order valence-corrected chi connectivity index (χ3v) is 2.97. The molecule has 19 heavy (non-hydrogen) atoms. The van der Waals surface area contributed by atoms with Crippen LogP contribution in [-0.2, 0) is 4.79 Å². The quantitative estimate of drug-likeness (QED) is 0.759. The Morgan fingerprint density at radius 3 is 3.05 bits per heavy atom. The normalized spacial score (nSPS) is 12.5. The van der Waals surface area contributed by atoms with Gasteiger partial charge in [0.25, 0.3) is 0 Å². The number of rotatable bonds is 5. The summed E-state index contributed by atoms with van der Waals surface area (Å²) in [5.41, 5.74) is 7.17. The molecular formula is C13H17N3O3. The maximum Gasteiger partial charge on any atom is 0.417 e. The number of nitrogens with one attached hydrogen (secondary N) is 2. The van der Waals surface area contributed by atoms with Crippen molar-refractivity contribution >= 4 is 22.7 Å². The number of anilines is 1. The molecule has 6 heteroatoms. The largest absolute Gasteiger partial charge is 0.417 e. The van der Waals surface area contributed by atoms with Gasteiger partial charge < -0.3 is 15.5 Å². The van der Waals surface area contributed by atoms with Gasteiger partial charge >= 0.3 is 5.76 Å². The Morgan fingerprint density at radius 2 is 2.32 bits per heavy atom. The average Bonchev–Trinajstić information content (AvgIpc) is 2.75. The lowest BCUT2D eigenvalue weighted by Crippen LogP contribution is -2.16. The zero-order valence-electron chi connectivity index (χ0n) is 10.7. The fourth-order valence-electron chi connectivity index (χ4n) is 1.75. The lowest BCUT2D eigenvalue weighted by atomic mass is 10.1. The first-order valence-electron chi connectivity index (χ1n) is 6.21. The molecule has 1 aromatic carbocycles. The molecule has 102 valence electrons. The van der Waals surface area contributed by atoms with E-state index in [9.17, 15) is 9.59 Å². The summed E-state index contributed by atoms with van der Waals surface area (Å²) >= 11 is 0. The van der Waals surface area contributed by atoms with Crippen LogP contribution < -0.4 is 16.8 Å². The number of aromatic nitrogens is 1. The second-order valence-electron chi connectivity index (χ2n) is 4.65. The van der Waals surface area contributed by atoms with Gasteiger partial charge in [0.2, 0.25) is 5.91 Å². The minimum Gasteiger partial charge on any atom is -0.408 e. The van der Waals surface area contributed by atoms with Crippen LogP contribution in [0.5, 0.6) is 0 Å². The van der Waals surface area contributed by atoms with Crippen molar-refractivity contribution in [1.82, 2.24) is 4.98 Å². The van der Waals surface area contributed by atoms with E-state index in [-0.39, 0.29) is 5.91 Å². The topological polar surface area (TPSA) is 101 Å². The number of oxazole rings is 1. The minimum atomic E-state index is -0.504. The lowest BCUT2D eigenvalue weighted by Gasteiger charge is -2.08. The lowest BCUT2D eigenvalue weighted by molar-refractivity contribution is -0.116. The Kier molecular flexibility index (Phi) is 4.01. The average molecular weight is 263 g/mol. The number of aromatic amines is 1. The van der Waals surface area contributed by atoms with Gasteiger partial charge in [-0.25, -0.2) is 4.79 Å². The predicted molar refractivity (Wildman–Crippen MR) is 72.9 cm³/mol. The number of amides is 1. The molecule has 0 aliphatic carbocycles. The molecule has 6 nitrogen and oxygen atoms in total. The summed E-state index contributed by atoms with van der Waals surface area (Å²) in [6.45, 7) is 2.59. The number of carbonyl (C=O) groups excluding carboxylic acids is 1. The molecule has 1 atom stereocenters. The van der Waals surface area contributed by atoms with Gasteiger partial charge in [-0.3, -0.25) is 9.78 Å². The van der Waals surface area contributed by atoms with Gasteiger partial charge in [0, 0.05) is 12.1 Å². The van der Waals surface area contributed by atoms with Crippen LogP contribution in [0.2, 0.25) is 0 Å². The van der Waals surface area contributed by atoms with E-state index in [1.165, 1.54) is 0 Å². The van der Waals surface area contributed by atoms with Crippen LogP contribution >= 0.6 is 0 Å². The summed E-state index contributed by atoms with van der Waals surface area (Å²) in [6, 6.07) is 5.01. The highest BCUT2D eigenvalue weighted by Gasteiger charge is 2.07. The fraction of sp³-hybridized carbons (Fsp3) is 0.385. The van der Waals surface area contributed by atoms with E-state index >= 15 is 0 Å². The fourth-order valence-corrected chi connectivity index (χ4v) is 1.75. The first-order chi connectivity index (χ1) is 9.08. The SMILES string of the molecule is CC(CN)CCC(=O)Nc1ccc2oc(=O)[nH]c2c1. The second-order valence-corrected chi connectivity index (χ2v) is 4.65. The van der Waals surface area contributed by atoms with Crippen molar-refractivity contribution in [1.29, 1.82) is 0 Å². The van der Waals surface area contributed by atoms with Gasteiger partial charge in [-0.2, -0.15) is 0 Å². The van der Waals surface area contributed by atoms with Gasteiger partial charge in [-0.15, -0.1) is 0 Å². The summed E-state index contributed by atoms with van der Waals surface area (Å²) in [5.74, 6) is -0.237. The highest BCUT2D eigenvalue weighted by molar-refractivity contribution is 5.92. The monoisotopic (exact) mass is 263 g/mol. The van der Waals surface area contributed by atoms with E-state index in [0.29, 0.717) is 35.7 Å². The van der Waals surface area contributed by atoms with E-state index in [0.717, 1.165) is 6.42 Å². The standard InChI is InChI=1S/C13H17N3O3/c1-8(7-14)2-5-12(17)15-9-3-4-11-10(6-9)16-13(18)19-11/h3-4,6,8H,2,5,7,14H2,1H3,(H,15,17)(H,16,18). The summed E-state index contributed by atoms with van der Waals surface area (Å²) in [4.78, 5) is 25.3. The van der Waals surface area contributed by atoms with Crippen molar-refractivity contribution in [3.8, 4) is 0 Å². The first-order valence-corrected chi connectivity index (χ1v) is 6.21. The zero-order chi connectivity index (χ0) is 13.8. The Morgan fingerprint density at radius 1 is 1.53 bits per heavy atom. The van der Waals surface area contributed by atoms with Crippen LogP contribution in [0, 0.1) is 5.92 Å². The van der Waals surface area contributed by atoms with Crippen molar-refractivity contribution in [3.63, 3.8) is 0 Å². The molecule has 0 radical (unpaired) electrons. The molecule has 0 aliphatic rings. The number of hydrogen-bond acceptors (Lipinski definition) is 4. The molecule has 2 rings (SSSR count). The van der Waals surface area contributed by atoms with Gasteiger partial charge in [0.15, 0.2) is 5.58 Å². The Labute approximate surface area is 110 Å². The van der Waals surface area contributed by atoms with Crippen molar-refractivity contribution in [2.45, 2.75) is 19.8 Å². The first kappa shape index (κ1) is 13.4. The van der Waals surface area contributed by atoms with Crippen LogP contribution in [0.25, 0.3) is 11.1 Å². The Balaban J connectivity index is 2.00. The molecule has 4 N–H and O–H groups in total. The number of nitrogens with two attached hydrogens (primary N) is 1. The van der Waals surface area contributed by atoms with Crippen LogP contribution in [0.4, 0.5) is 5.69 Å². The van der Waals surface area contributed by atoms with Crippen molar-refractivity contribution in [2.75, 3.05) is 11.9 Å². The third-order valence-electron chi connectivity index (χ3n) is 2.97. The van der Waals surface area contributed by atoms with Crippen LogP contribution in [0.3, 0.4) is 0 Å². The highest BCUT2D eigenvalue weighted by atomic mass is 16.4. The summed E-state index contributed by atoms with van der Waals surface area (Å²) in [7, 11) is 0. The van der Waals surface area contributed by atoms with Crippen molar-refractivity contribution in [3.05, 3.63) is 28.7 Å². The third kappa shape index (κ3) is 3.45. The maximum absolute atomic E-state index is 11.7. The molecule has 1 unspecified atom stereocenters. The predicted octanol–water partition coefficient (Wildman–Crippen LogP) is 1.43. The molecule has 0 saturated heterocycles. The highest BCUT2D eigenvalue weighted by Crippen LogP contribution is 2.16. The van der Waals surface area contributed by atoms with Gasteiger partial charge in [0.1, 0.15) is 0 Å². The summed E-state index contributed by atoms with van der Waals surface area (Å²) < 4.78 is 4.88. The smallest absolute Gasteiger partial charge is 0.408 e. The van der Waals surface area contributed by atoms with Gasteiger partial charge in [-0.1, -0.05) is 6.92 Å². The van der Waals surface area contributed by atoms with Crippen LogP contribution in [-0.4, -0.2) is 17.4 Å². The molecule has 0 bridgehead atoms. The molecule has 0 spiro atoms. The molecule has 0 saturated carbocycles. The van der Waals surface area contributed by atoms with Crippen LogP contribution in [0.15, 0.2) is 27.4 Å². The second kappa shape index (κ2) is 5.71. The maximum atomic E-state index is 11.7. The van der Waals surface area contributed by atoms with E-state index in [1.54, 1.807) is 18.2 Å². The molecule has 2 aromatic rings. The zero-order valence-corrected chi connectivity index (χ0v) is 10.7. The molecule has 0 aliphatic heterocycles. The molecular weight excluding hydrogens is 246 g/mol. The Bertz CT molecular complexity index is 629. The number of H-pyrrole nitrogens is 1. The molecule has 1 aromatic heterocycles. The number of hydrogen-bond donors (Lipinski definition) is 3. The van der Waals surface area contributed by atoms with Gasteiger partial charge in [0.05, 0.1) is 5.52 Å².